The number of thiazole rings is 1. The largest absolute Gasteiger partial charge is 0.483 e. The molecule has 2 aliphatic rings. The average Bonchev–Trinajstić information content (AvgIpc) is 3.22. The molecule has 0 saturated heterocycles. The lowest BCUT2D eigenvalue weighted by Crippen LogP contribution is -2.52. The van der Waals surface area contributed by atoms with Gasteiger partial charge in [-0.05, 0) is 44.9 Å². The van der Waals surface area contributed by atoms with Crippen molar-refractivity contribution in [2.75, 3.05) is 17.1 Å². The highest BCUT2D eigenvalue weighted by molar-refractivity contribution is 7.93. The maximum Gasteiger partial charge on any atom is 0.290 e. The van der Waals surface area contributed by atoms with Gasteiger partial charge in [0.05, 0.1) is 10.7 Å². The first-order chi connectivity index (χ1) is 15.8. The van der Waals surface area contributed by atoms with Gasteiger partial charge in [0, 0.05) is 29.7 Å². The Morgan fingerprint density at radius 1 is 1.24 bits per heavy atom. The Hall–Kier alpha value is -1.95. The van der Waals surface area contributed by atoms with E-state index in [0.717, 1.165) is 30.6 Å². The Morgan fingerprint density at radius 2 is 1.94 bits per heavy atom. The monoisotopic (exact) mass is 518 g/mol. The van der Waals surface area contributed by atoms with Crippen molar-refractivity contribution >= 4 is 50.3 Å². The van der Waals surface area contributed by atoms with Crippen molar-refractivity contribution in [3.8, 4) is 0 Å². The molecule has 0 bridgehead atoms. The van der Waals surface area contributed by atoms with Crippen LogP contribution in [0.3, 0.4) is 0 Å². The summed E-state index contributed by atoms with van der Waals surface area (Å²) in [7, 11) is -1.94. The van der Waals surface area contributed by atoms with E-state index in [4.69, 9.17) is 21.5 Å². The van der Waals surface area contributed by atoms with Gasteiger partial charge in [0.2, 0.25) is 0 Å². The Labute approximate surface area is 202 Å². The molecule has 2 atom stereocenters. The molecule has 2 fully saturated rings. The number of carboxylic acid groups (broad SMARTS) is 1. The highest BCUT2D eigenvalue weighted by Crippen LogP contribution is 2.35. The van der Waals surface area contributed by atoms with Gasteiger partial charge in [0.15, 0.2) is 5.13 Å². The molecule has 3 N–H and O–H groups in total. The molecule has 0 aliphatic heterocycles. The Kier molecular flexibility index (Phi) is 8.91. The SMILES string of the molecule is CN(C1CCC1)[C@H]1CCCC[C@@H]1Nc1cc(F)c(S(=O)(=O)Nc2nccs2)cc1Cl.O=CO. The molecule has 4 rings (SSSR count). The van der Waals surface area contributed by atoms with Gasteiger partial charge in [-0.1, -0.05) is 30.9 Å². The summed E-state index contributed by atoms with van der Waals surface area (Å²) in [5.74, 6) is -0.842. The van der Waals surface area contributed by atoms with Crippen molar-refractivity contribution in [2.24, 2.45) is 0 Å². The summed E-state index contributed by atoms with van der Waals surface area (Å²) in [4.78, 5) is 14.2. The topological polar surface area (TPSA) is 112 Å². The third-order valence-electron chi connectivity index (χ3n) is 6.21. The second-order valence-corrected chi connectivity index (χ2v) is 11.1. The first kappa shape index (κ1) is 25.7. The second kappa shape index (κ2) is 11.5. The van der Waals surface area contributed by atoms with Gasteiger partial charge in [0.25, 0.3) is 16.5 Å². The molecular weight excluding hydrogens is 491 g/mol. The number of benzene rings is 1. The van der Waals surface area contributed by atoms with Gasteiger partial charge in [-0.25, -0.2) is 17.8 Å². The third-order valence-corrected chi connectivity index (χ3v) is 8.69. The lowest BCUT2D eigenvalue weighted by atomic mass is 9.84. The van der Waals surface area contributed by atoms with Crippen molar-refractivity contribution in [1.82, 2.24) is 9.88 Å². The first-order valence-corrected chi connectivity index (χ1v) is 13.5. The predicted molar refractivity (Wildman–Crippen MR) is 128 cm³/mol. The van der Waals surface area contributed by atoms with E-state index in [-0.39, 0.29) is 22.7 Å². The minimum atomic E-state index is -4.12. The van der Waals surface area contributed by atoms with Crippen LogP contribution in [0.15, 0.2) is 28.6 Å². The fraction of sp³-hybridized carbons (Fsp3) is 0.524. The van der Waals surface area contributed by atoms with Crippen molar-refractivity contribution in [3.05, 3.63) is 34.5 Å². The van der Waals surface area contributed by atoms with Crippen LogP contribution in [-0.2, 0) is 14.8 Å². The van der Waals surface area contributed by atoms with Gasteiger partial charge >= 0.3 is 0 Å². The number of halogens is 2. The number of rotatable bonds is 7. The summed E-state index contributed by atoms with van der Waals surface area (Å²) < 4.78 is 42.2. The summed E-state index contributed by atoms with van der Waals surface area (Å²) in [6.07, 6.45) is 9.57. The van der Waals surface area contributed by atoms with Crippen LogP contribution in [0.2, 0.25) is 5.02 Å². The molecule has 1 aromatic heterocycles. The van der Waals surface area contributed by atoms with E-state index in [9.17, 15) is 12.8 Å². The van der Waals surface area contributed by atoms with Crippen molar-refractivity contribution < 1.29 is 22.7 Å². The van der Waals surface area contributed by atoms with Crippen LogP contribution in [0.25, 0.3) is 0 Å². The average molecular weight is 519 g/mol. The molecule has 1 heterocycles. The summed E-state index contributed by atoms with van der Waals surface area (Å²) in [6.45, 7) is -0.250. The molecule has 2 saturated carbocycles. The van der Waals surface area contributed by atoms with Gasteiger partial charge in [0.1, 0.15) is 10.7 Å². The first-order valence-electron chi connectivity index (χ1n) is 10.7. The zero-order valence-electron chi connectivity index (χ0n) is 18.2. The van der Waals surface area contributed by atoms with E-state index >= 15 is 0 Å². The zero-order valence-corrected chi connectivity index (χ0v) is 20.6. The van der Waals surface area contributed by atoms with E-state index in [1.54, 1.807) is 5.38 Å². The summed E-state index contributed by atoms with van der Waals surface area (Å²) in [5.41, 5.74) is 0.432. The van der Waals surface area contributed by atoms with Gasteiger partial charge in [-0.15, -0.1) is 11.3 Å². The van der Waals surface area contributed by atoms with Crippen LogP contribution < -0.4 is 10.0 Å². The van der Waals surface area contributed by atoms with E-state index in [1.807, 2.05) is 0 Å². The van der Waals surface area contributed by atoms with Crippen molar-refractivity contribution in [3.63, 3.8) is 0 Å². The third kappa shape index (κ3) is 6.34. The fourth-order valence-corrected chi connectivity index (χ4v) is 6.48. The minimum absolute atomic E-state index is 0.150. The molecule has 2 aliphatic carbocycles. The van der Waals surface area contributed by atoms with E-state index in [0.29, 0.717) is 17.8 Å². The Balaban J connectivity index is 0.000000968. The number of nitrogens with zero attached hydrogens (tertiary/aromatic N) is 2. The molecule has 182 valence electrons. The Bertz CT molecular complexity index is 1040. The van der Waals surface area contributed by atoms with Crippen LogP contribution in [0.4, 0.5) is 15.2 Å². The van der Waals surface area contributed by atoms with E-state index in [1.165, 1.54) is 44.0 Å². The number of hydrogen-bond acceptors (Lipinski definition) is 7. The van der Waals surface area contributed by atoms with Crippen molar-refractivity contribution in [2.45, 2.75) is 68.0 Å². The van der Waals surface area contributed by atoms with E-state index < -0.39 is 20.7 Å². The standard InChI is InChI=1S/C20H26ClFN4O2S2.CH2O2/c1-26(13-5-4-6-13)18-8-3-2-7-16(18)24-17-12-15(22)19(11-14(17)21)30(27,28)25-20-23-9-10-29-20;2-1-3/h9-13,16,18,24H,2-8H2,1H3,(H,23,25);1H,(H,2,3)/t16-,18-;/m0./s1. The van der Waals surface area contributed by atoms with Crippen LogP contribution in [0, 0.1) is 5.82 Å². The molecule has 1 aromatic carbocycles. The number of hydrogen-bond donors (Lipinski definition) is 3. The van der Waals surface area contributed by atoms with Gasteiger partial charge in [-0.3, -0.25) is 14.4 Å². The molecular formula is C21H28ClFN4O4S2. The van der Waals surface area contributed by atoms with Crippen molar-refractivity contribution in [1.29, 1.82) is 0 Å². The number of nitrogens with one attached hydrogen (secondary N) is 2. The molecule has 8 nitrogen and oxygen atoms in total. The van der Waals surface area contributed by atoms with Crippen LogP contribution >= 0.6 is 22.9 Å². The summed E-state index contributed by atoms with van der Waals surface area (Å²) >= 11 is 7.51. The molecule has 0 amide bonds. The number of aromatic nitrogens is 1. The number of anilines is 2. The van der Waals surface area contributed by atoms with Crippen LogP contribution in [-0.4, -0.2) is 55.1 Å². The lowest BCUT2D eigenvalue weighted by molar-refractivity contribution is -0.122. The zero-order chi connectivity index (χ0) is 24.0. The summed E-state index contributed by atoms with van der Waals surface area (Å²) in [6, 6.07) is 3.49. The van der Waals surface area contributed by atoms with Gasteiger partial charge < -0.3 is 10.4 Å². The minimum Gasteiger partial charge on any atom is -0.483 e. The molecule has 0 unspecified atom stereocenters. The number of likely N-dealkylation sites (N-methyl/N-ethyl adjacent to an activating group) is 1. The second-order valence-electron chi connectivity index (χ2n) is 8.16. The van der Waals surface area contributed by atoms with Crippen LogP contribution in [0.5, 0.6) is 0 Å². The fourth-order valence-electron chi connectivity index (χ4n) is 4.32. The molecule has 33 heavy (non-hydrogen) atoms. The summed E-state index contributed by atoms with van der Waals surface area (Å²) in [5, 5.41) is 12.3. The Morgan fingerprint density at radius 3 is 2.55 bits per heavy atom. The maximum atomic E-state index is 14.8. The molecule has 0 spiro atoms. The van der Waals surface area contributed by atoms with Crippen LogP contribution in [0.1, 0.15) is 44.9 Å². The predicted octanol–water partition coefficient (Wildman–Crippen LogP) is 4.64. The lowest BCUT2D eigenvalue weighted by Gasteiger charge is -2.45. The highest BCUT2D eigenvalue weighted by Gasteiger charge is 2.34. The molecule has 0 radical (unpaired) electrons. The maximum absolute atomic E-state index is 14.8. The smallest absolute Gasteiger partial charge is 0.290 e. The van der Waals surface area contributed by atoms with E-state index in [2.05, 4.69) is 27.0 Å². The highest BCUT2D eigenvalue weighted by atomic mass is 35.5. The normalized spacial score (nSPS) is 21.0. The quantitative estimate of drug-likeness (QED) is 0.457. The molecule has 2 aromatic rings. The number of sulfonamides is 1. The number of carbonyl (C=O) groups is 1. The molecule has 12 heteroatoms. The van der Waals surface area contributed by atoms with Gasteiger partial charge in [-0.2, -0.15) is 0 Å².